The van der Waals surface area contributed by atoms with E-state index in [0.29, 0.717) is 19.6 Å². The van der Waals surface area contributed by atoms with Crippen molar-refractivity contribution in [2.24, 2.45) is 5.92 Å². The molecule has 1 spiro atoms. The molecule has 2 saturated carbocycles. The third-order valence-electron chi connectivity index (χ3n) is 7.24. The first kappa shape index (κ1) is 26.9. The number of amides is 2. The molecule has 0 radical (unpaired) electrons. The highest BCUT2D eigenvalue weighted by molar-refractivity contribution is 5.78. The predicted molar refractivity (Wildman–Crippen MR) is 124 cm³/mol. The van der Waals surface area contributed by atoms with Crippen LogP contribution in [0, 0.1) is 5.92 Å². The van der Waals surface area contributed by atoms with E-state index in [0.717, 1.165) is 32.1 Å². The molecule has 2 amide bonds. The van der Waals surface area contributed by atoms with Crippen LogP contribution < -0.4 is 16.1 Å². The number of nitrogens with one attached hydrogen (secondary N) is 3. The van der Waals surface area contributed by atoms with Crippen LogP contribution in [0.4, 0.5) is 4.79 Å². The molecule has 5 atom stereocenters. The van der Waals surface area contributed by atoms with Crippen molar-refractivity contribution in [3.63, 3.8) is 0 Å². The zero-order chi connectivity index (χ0) is 24.7. The van der Waals surface area contributed by atoms with Crippen molar-refractivity contribution < 1.29 is 33.7 Å². The number of carbonyl (C=O) groups is 2. The highest BCUT2D eigenvalue weighted by Crippen LogP contribution is 2.49. The number of alkyl carbamates (subject to hydrolysis) is 1. The first-order valence-electron chi connectivity index (χ1n) is 12.3. The normalized spacial score (nSPS) is 33.6. The summed E-state index contributed by atoms with van der Waals surface area (Å²) in [4.78, 5) is 24.3. The highest BCUT2D eigenvalue weighted by Gasteiger charge is 2.61. The van der Waals surface area contributed by atoms with Crippen molar-refractivity contribution in [1.82, 2.24) is 16.1 Å². The van der Waals surface area contributed by atoms with Gasteiger partial charge in [-0.05, 0) is 59.3 Å². The minimum absolute atomic E-state index is 0.00133. The third-order valence-corrected chi connectivity index (χ3v) is 7.24. The maximum Gasteiger partial charge on any atom is 0.407 e. The summed E-state index contributed by atoms with van der Waals surface area (Å²) in [6.07, 6.45) is 5.32. The van der Waals surface area contributed by atoms with Crippen LogP contribution in [0.15, 0.2) is 11.6 Å². The fraction of sp³-hybridized carbons (Fsp3) is 0.833. The van der Waals surface area contributed by atoms with Gasteiger partial charge in [-0.15, -0.1) is 0 Å². The fourth-order valence-electron chi connectivity index (χ4n) is 5.34. The summed E-state index contributed by atoms with van der Waals surface area (Å²) in [7, 11) is 1.65. The number of hydroxylamine groups is 1. The molecule has 1 heterocycles. The van der Waals surface area contributed by atoms with Gasteiger partial charge in [0.15, 0.2) is 0 Å². The van der Waals surface area contributed by atoms with Gasteiger partial charge in [-0.25, -0.2) is 4.79 Å². The second-order valence-corrected chi connectivity index (χ2v) is 9.98. The van der Waals surface area contributed by atoms with Gasteiger partial charge in [-0.2, -0.15) is 5.48 Å². The third kappa shape index (κ3) is 7.14. The Morgan fingerprint density at radius 1 is 1.15 bits per heavy atom. The van der Waals surface area contributed by atoms with E-state index >= 15 is 0 Å². The Morgan fingerprint density at radius 3 is 2.35 bits per heavy atom. The van der Waals surface area contributed by atoms with Gasteiger partial charge in [0, 0.05) is 25.1 Å². The van der Waals surface area contributed by atoms with Gasteiger partial charge in [-0.3, -0.25) is 4.79 Å². The number of hydrogen-bond donors (Lipinski definition) is 4. The van der Waals surface area contributed by atoms with Crippen LogP contribution in [0.1, 0.15) is 59.3 Å². The van der Waals surface area contributed by atoms with Crippen molar-refractivity contribution >= 4 is 12.0 Å². The molecular weight excluding hydrogens is 442 g/mol. The number of ether oxygens (including phenoxy) is 4. The molecule has 10 nitrogen and oxygen atoms in total. The lowest BCUT2D eigenvalue weighted by Gasteiger charge is -2.43. The molecule has 0 aromatic carbocycles. The zero-order valence-corrected chi connectivity index (χ0v) is 20.8. The molecule has 4 N–H and O–H groups in total. The largest absolute Gasteiger partial charge is 0.443 e. The summed E-state index contributed by atoms with van der Waals surface area (Å²) in [5.74, 6) is -0.269. The summed E-state index contributed by atoms with van der Waals surface area (Å²) >= 11 is 0. The molecule has 3 unspecified atom stereocenters. The highest BCUT2D eigenvalue weighted by atomic mass is 16.6. The van der Waals surface area contributed by atoms with Crippen molar-refractivity contribution in [2.45, 2.75) is 95.3 Å². The molecule has 3 fully saturated rings. The van der Waals surface area contributed by atoms with E-state index in [4.69, 9.17) is 24.2 Å². The van der Waals surface area contributed by atoms with Crippen LogP contribution in [-0.4, -0.2) is 80.1 Å². The van der Waals surface area contributed by atoms with Crippen molar-refractivity contribution in [3.05, 3.63) is 11.6 Å². The van der Waals surface area contributed by atoms with E-state index < -0.39 is 6.09 Å². The summed E-state index contributed by atoms with van der Waals surface area (Å²) in [6.45, 7) is 7.20. The van der Waals surface area contributed by atoms with Crippen LogP contribution >= 0.6 is 0 Å². The van der Waals surface area contributed by atoms with Crippen LogP contribution in [0.5, 0.6) is 0 Å². The van der Waals surface area contributed by atoms with Crippen LogP contribution in [0.3, 0.4) is 0 Å². The quantitative estimate of drug-likeness (QED) is 0.211. The molecule has 34 heavy (non-hydrogen) atoms. The van der Waals surface area contributed by atoms with Crippen molar-refractivity contribution in [2.75, 3.05) is 26.9 Å². The molecule has 2 aliphatic carbocycles. The SMILES string of the molecule is COC1C(OC(=O)N[C@H]2CC[C@H](NC(=O)CNO)CC2)CC[C@]2(CO2)C1[C@H](C)OCC=C(C)C. The topological polar surface area (TPSA) is 131 Å². The maximum absolute atomic E-state index is 12.7. The smallest absolute Gasteiger partial charge is 0.407 e. The molecule has 1 saturated heterocycles. The van der Waals surface area contributed by atoms with Crippen LogP contribution in [-0.2, 0) is 23.7 Å². The number of carbonyl (C=O) groups excluding carboxylic acids is 2. The molecule has 0 aromatic rings. The van der Waals surface area contributed by atoms with Gasteiger partial charge in [0.1, 0.15) is 12.2 Å². The molecule has 10 heteroatoms. The number of methoxy groups -OCH3 is 1. The standard InChI is InChI=1S/C24H41N3O7/c1-15(2)10-12-32-16(3)21-22(31-4)19(9-11-24(21)14-33-24)34-23(29)27-18-7-5-17(6-8-18)26-20(28)13-25-30/h10,16-19,21-22,25,30H,5-9,11-14H2,1-4H3,(H,26,28)(H,27,29)/t16-,17-,18-,19?,21?,22?,24-/m0/s1. The van der Waals surface area contributed by atoms with Crippen molar-refractivity contribution in [1.29, 1.82) is 0 Å². The second kappa shape index (κ2) is 12.3. The molecule has 3 rings (SSSR count). The molecule has 3 aliphatic rings. The molecule has 0 bridgehead atoms. The van der Waals surface area contributed by atoms with E-state index in [9.17, 15) is 9.59 Å². The Hall–Kier alpha value is -1.72. The van der Waals surface area contributed by atoms with E-state index in [1.807, 2.05) is 32.3 Å². The van der Waals surface area contributed by atoms with Gasteiger partial charge in [0.05, 0.1) is 31.5 Å². The Morgan fingerprint density at radius 2 is 1.79 bits per heavy atom. The average molecular weight is 484 g/mol. The Balaban J connectivity index is 1.50. The number of allylic oxidation sites excluding steroid dienone is 1. The average Bonchev–Trinajstić information content (AvgIpc) is 3.55. The second-order valence-electron chi connectivity index (χ2n) is 9.98. The van der Waals surface area contributed by atoms with E-state index in [1.165, 1.54) is 5.57 Å². The van der Waals surface area contributed by atoms with Crippen LogP contribution in [0.25, 0.3) is 0 Å². The Kier molecular flexibility index (Phi) is 9.73. The zero-order valence-electron chi connectivity index (χ0n) is 20.8. The Labute approximate surface area is 202 Å². The van der Waals surface area contributed by atoms with Gasteiger partial charge in [0.2, 0.25) is 5.91 Å². The minimum atomic E-state index is -0.437. The number of epoxide rings is 1. The minimum Gasteiger partial charge on any atom is -0.443 e. The molecule has 194 valence electrons. The summed E-state index contributed by atoms with van der Waals surface area (Å²) in [5.41, 5.74) is 2.81. The van der Waals surface area contributed by atoms with E-state index in [1.54, 1.807) is 7.11 Å². The molecule has 0 aromatic heterocycles. The fourth-order valence-corrected chi connectivity index (χ4v) is 5.34. The van der Waals surface area contributed by atoms with Gasteiger partial charge >= 0.3 is 6.09 Å². The lowest BCUT2D eigenvalue weighted by Crippen LogP contribution is -2.55. The number of rotatable bonds is 10. The Bertz CT molecular complexity index is 715. The van der Waals surface area contributed by atoms with Gasteiger partial charge in [0.25, 0.3) is 0 Å². The van der Waals surface area contributed by atoms with Crippen LogP contribution in [0.2, 0.25) is 0 Å². The monoisotopic (exact) mass is 483 g/mol. The van der Waals surface area contributed by atoms with Gasteiger partial charge < -0.3 is 34.8 Å². The van der Waals surface area contributed by atoms with E-state index in [2.05, 4.69) is 10.6 Å². The summed E-state index contributed by atoms with van der Waals surface area (Å²) in [5, 5.41) is 14.5. The summed E-state index contributed by atoms with van der Waals surface area (Å²) < 4.78 is 23.7. The predicted octanol–water partition coefficient (Wildman–Crippen LogP) is 2.05. The number of hydrogen-bond acceptors (Lipinski definition) is 8. The first-order valence-corrected chi connectivity index (χ1v) is 12.3. The van der Waals surface area contributed by atoms with E-state index in [-0.39, 0.29) is 54.4 Å². The molecule has 1 aliphatic heterocycles. The lowest BCUT2D eigenvalue weighted by molar-refractivity contribution is -0.138. The maximum atomic E-state index is 12.7. The first-order chi connectivity index (χ1) is 16.3. The van der Waals surface area contributed by atoms with Gasteiger partial charge in [-0.1, -0.05) is 11.6 Å². The summed E-state index contributed by atoms with van der Waals surface area (Å²) in [6, 6.07) is 0.0518. The lowest BCUT2D eigenvalue weighted by atomic mass is 9.73. The van der Waals surface area contributed by atoms with Crippen molar-refractivity contribution in [3.8, 4) is 0 Å². The molecular formula is C24H41N3O7.